The molecule has 0 amide bonds. The van der Waals surface area contributed by atoms with Gasteiger partial charge in [0, 0.05) is 19.1 Å². The van der Waals surface area contributed by atoms with E-state index >= 15 is 0 Å². The molecule has 1 aliphatic heterocycles. The summed E-state index contributed by atoms with van der Waals surface area (Å²) in [4.78, 5) is 2.38. The highest BCUT2D eigenvalue weighted by molar-refractivity contribution is 5.39. The molecular formula is C16H26N2O2. The molecule has 1 aromatic carbocycles. The lowest BCUT2D eigenvalue weighted by atomic mass is 10.1. The Morgan fingerprint density at radius 1 is 1.25 bits per heavy atom. The van der Waals surface area contributed by atoms with Gasteiger partial charge in [-0.15, -0.1) is 0 Å². The normalized spacial score (nSPS) is 19.1. The first kappa shape index (κ1) is 15.1. The average Bonchev–Trinajstić information content (AvgIpc) is 2.50. The Balaban J connectivity index is 1.77. The molecule has 1 unspecified atom stereocenters. The molecule has 4 heteroatoms. The molecule has 0 aromatic heterocycles. The van der Waals surface area contributed by atoms with E-state index in [4.69, 9.17) is 9.47 Å². The molecule has 20 heavy (non-hydrogen) atoms. The van der Waals surface area contributed by atoms with E-state index in [0.29, 0.717) is 19.3 Å². The monoisotopic (exact) mass is 278 g/mol. The SMILES string of the molecule is CCOc1ccccc1OCCN(C)C1CCCNC1. The summed E-state index contributed by atoms with van der Waals surface area (Å²) in [5.41, 5.74) is 0. The van der Waals surface area contributed by atoms with Crippen molar-refractivity contribution in [1.82, 2.24) is 10.2 Å². The smallest absolute Gasteiger partial charge is 0.161 e. The topological polar surface area (TPSA) is 33.7 Å². The lowest BCUT2D eigenvalue weighted by Crippen LogP contribution is -2.45. The molecule has 0 bridgehead atoms. The Labute approximate surface area is 122 Å². The van der Waals surface area contributed by atoms with Crippen molar-refractivity contribution in [3.63, 3.8) is 0 Å². The number of nitrogens with zero attached hydrogens (tertiary/aromatic N) is 1. The largest absolute Gasteiger partial charge is 0.490 e. The maximum Gasteiger partial charge on any atom is 0.161 e. The molecule has 0 spiro atoms. The van der Waals surface area contributed by atoms with Gasteiger partial charge in [0.1, 0.15) is 6.61 Å². The van der Waals surface area contributed by atoms with Crippen molar-refractivity contribution in [2.45, 2.75) is 25.8 Å². The predicted molar refractivity (Wildman–Crippen MR) is 81.6 cm³/mol. The molecule has 2 rings (SSSR count). The van der Waals surface area contributed by atoms with Crippen molar-refractivity contribution in [3.05, 3.63) is 24.3 Å². The van der Waals surface area contributed by atoms with E-state index in [0.717, 1.165) is 31.1 Å². The summed E-state index contributed by atoms with van der Waals surface area (Å²) in [6, 6.07) is 8.50. The van der Waals surface area contributed by atoms with Crippen LogP contribution in [0.1, 0.15) is 19.8 Å². The molecule has 0 saturated carbocycles. The van der Waals surface area contributed by atoms with Crippen LogP contribution in [0.2, 0.25) is 0 Å². The summed E-state index contributed by atoms with van der Waals surface area (Å²) in [6.45, 7) is 6.52. The number of hydrogen-bond donors (Lipinski definition) is 1. The molecule has 1 aromatic rings. The highest BCUT2D eigenvalue weighted by Crippen LogP contribution is 2.26. The van der Waals surface area contributed by atoms with Gasteiger partial charge < -0.3 is 14.8 Å². The molecule has 0 aliphatic carbocycles. The Kier molecular flexibility index (Phi) is 6.15. The highest BCUT2D eigenvalue weighted by Gasteiger charge is 2.17. The van der Waals surface area contributed by atoms with E-state index in [2.05, 4.69) is 17.3 Å². The van der Waals surface area contributed by atoms with Gasteiger partial charge in [0.15, 0.2) is 11.5 Å². The molecule has 1 atom stereocenters. The van der Waals surface area contributed by atoms with E-state index < -0.39 is 0 Å². The molecule has 1 heterocycles. The Morgan fingerprint density at radius 3 is 2.65 bits per heavy atom. The van der Waals surface area contributed by atoms with Crippen LogP contribution in [0.3, 0.4) is 0 Å². The number of para-hydroxylation sites is 2. The summed E-state index contributed by atoms with van der Waals surface area (Å²) >= 11 is 0. The fourth-order valence-corrected chi connectivity index (χ4v) is 2.54. The second-order valence-electron chi connectivity index (χ2n) is 5.21. The van der Waals surface area contributed by atoms with Gasteiger partial charge in [-0.1, -0.05) is 12.1 Å². The van der Waals surface area contributed by atoms with E-state index in [1.807, 2.05) is 31.2 Å². The minimum absolute atomic E-state index is 0.634. The van der Waals surface area contributed by atoms with E-state index in [9.17, 15) is 0 Å². The van der Waals surface area contributed by atoms with Gasteiger partial charge in [-0.2, -0.15) is 0 Å². The lowest BCUT2D eigenvalue weighted by molar-refractivity contribution is 0.165. The van der Waals surface area contributed by atoms with Crippen LogP contribution in [0.25, 0.3) is 0 Å². The summed E-state index contributed by atoms with van der Waals surface area (Å²) in [7, 11) is 2.18. The van der Waals surface area contributed by atoms with Crippen LogP contribution >= 0.6 is 0 Å². The molecule has 0 radical (unpaired) electrons. The predicted octanol–water partition coefficient (Wildman–Crippen LogP) is 2.15. The van der Waals surface area contributed by atoms with Crippen molar-refractivity contribution in [2.75, 3.05) is 39.9 Å². The van der Waals surface area contributed by atoms with Gasteiger partial charge in [0.05, 0.1) is 6.61 Å². The lowest BCUT2D eigenvalue weighted by Gasteiger charge is -2.31. The van der Waals surface area contributed by atoms with E-state index in [1.165, 1.54) is 12.8 Å². The minimum Gasteiger partial charge on any atom is -0.490 e. The molecule has 1 aliphatic rings. The zero-order valence-corrected chi connectivity index (χ0v) is 12.6. The van der Waals surface area contributed by atoms with Gasteiger partial charge in [-0.3, -0.25) is 4.90 Å². The van der Waals surface area contributed by atoms with Crippen LogP contribution in [0.15, 0.2) is 24.3 Å². The summed E-state index contributed by atoms with van der Waals surface area (Å²) in [6.07, 6.45) is 2.54. The van der Waals surface area contributed by atoms with Crippen LogP contribution in [0.4, 0.5) is 0 Å². The number of rotatable bonds is 7. The summed E-state index contributed by atoms with van der Waals surface area (Å²) in [5.74, 6) is 1.67. The van der Waals surface area contributed by atoms with Crippen molar-refractivity contribution in [2.24, 2.45) is 0 Å². The van der Waals surface area contributed by atoms with Crippen molar-refractivity contribution < 1.29 is 9.47 Å². The second kappa shape index (κ2) is 8.12. The van der Waals surface area contributed by atoms with Gasteiger partial charge in [-0.05, 0) is 45.5 Å². The third kappa shape index (κ3) is 4.39. The standard InChI is InChI=1S/C16H26N2O2/c1-3-19-15-8-4-5-9-16(15)20-12-11-18(2)14-7-6-10-17-13-14/h4-5,8-9,14,17H,3,6-7,10-13H2,1-2H3. The molecule has 1 N–H and O–H groups in total. The molecule has 112 valence electrons. The average molecular weight is 278 g/mol. The van der Waals surface area contributed by atoms with Crippen molar-refractivity contribution in [1.29, 1.82) is 0 Å². The van der Waals surface area contributed by atoms with Gasteiger partial charge in [0.2, 0.25) is 0 Å². The van der Waals surface area contributed by atoms with Crippen molar-refractivity contribution in [3.8, 4) is 11.5 Å². The van der Waals surface area contributed by atoms with Crippen LogP contribution < -0.4 is 14.8 Å². The number of ether oxygens (including phenoxy) is 2. The minimum atomic E-state index is 0.634. The first-order valence-corrected chi connectivity index (χ1v) is 7.57. The van der Waals surface area contributed by atoms with Crippen molar-refractivity contribution >= 4 is 0 Å². The summed E-state index contributed by atoms with van der Waals surface area (Å²) < 4.78 is 11.4. The van der Waals surface area contributed by atoms with E-state index in [1.54, 1.807) is 0 Å². The van der Waals surface area contributed by atoms with Gasteiger partial charge in [-0.25, -0.2) is 0 Å². The van der Waals surface area contributed by atoms with Gasteiger partial charge >= 0.3 is 0 Å². The fraction of sp³-hybridized carbons (Fsp3) is 0.625. The highest BCUT2D eigenvalue weighted by atomic mass is 16.5. The molecular weight excluding hydrogens is 252 g/mol. The maximum absolute atomic E-state index is 5.86. The fourth-order valence-electron chi connectivity index (χ4n) is 2.54. The Bertz CT molecular complexity index is 392. The van der Waals surface area contributed by atoms with E-state index in [-0.39, 0.29) is 0 Å². The third-order valence-electron chi connectivity index (χ3n) is 3.74. The molecule has 1 saturated heterocycles. The quantitative estimate of drug-likeness (QED) is 0.828. The second-order valence-corrected chi connectivity index (χ2v) is 5.21. The maximum atomic E-state index is 5.86. The Hall–Kier alpha value is -1.26. The number of likely N-dealkylation sites (N-methyl/N-ethyl adjacent to an activating group) is 1. The number of hydrogen-bond acceptors (Lipinski definition) is 4. The molecule has 1 fully saturated rings. The van der Waals surface area contributed by atoms with Crippen LogP contribution in [-0.2, 0) is 0 Å². The number of piperidine rings is 1. The van der Waals surface area contributed by atoms with Gasteiger partial charge in [0.25, 0.3) is 0 Å². The summed E-state index contributed by atoms with van der Waals surface area (Å²) in [5, 5.41) is 3.45. The first-order valence-electron chi connectivity index (χ1n) is 7.57. The number of benzene rings is 1. The zero-order valence-electron chi connectivity index (χ0n) is 12.6. The zero-order chi connectivity index (χ0) is 14.2. The number of nitrogens with one attached hydrogen (secondary N) is 1. The third-order valence-corrected chi connectivity index (χ3v) is 3.74. The van der Waals surface area contributed by atoms with Crippen LogP contribution in [0.5, 0.6) is 11.5 Å². The molecule has 4 nitrogen and oxygen atoms in total. The van der Waals surface area contributed by atoms with Crippen LogP contribution in [0, 0.1) is 0 Å². The van der Waals surface area contributed by atoms with Crippen LogP contribution in [-0.4, -0.2) is 50.8 Å². The Morgan fingerprint density at radius 2 is 2.00 bits per heavy atom. The first-order chi connectivity index (χ1) is 9.81.